The highest BCUT2D eigenvalue weighted by Crippen LogP contribution is 2.28. The molecule has 0 saturated heterocycles. The molecule has 0 aromatic heterocycles. The fourth-order valence-electron chi connectivity index (χ4n) is 1.54. The summed E-state index contributed by atoms with van der Waals surface area (Å²) < 4.78 is 11.6. The maximum Gasteiger partial charge on any atom is 0.161 e. The Bertz CT molecular complexity index is 540. The van der Waals surface area contributed by atoms with Gasteiger partial charge in [0.25, 0.3) is 0 Å². The van der Waals surface area contributed by atoms with Gasteiger partial charge in [0, 0.05) is 0 Å². The Labute approximate surface area is 114 Å². The highest BCUT2D eigenvalue weighted by molar-refractivity contribution is 9.10. The Morgan fingerprint density at radius 2 is 1.89 bits per heavy atom. The molecule has 3 nitrogen and oxygen atoms in total. The zero-order valence-electron chi connectivity index (χ0n) is 9.89. The monoisotopic (exact) mass is 308 g/mol. The number of halogens is 1. The lowest BCUT2D eigenvalue weighted by Crippen LogP contribution is -1.96. The molecule has 4 heteroatoms. The van der Waals surface area contributed by atoms with Crippen molar-refractivity contribution >= 4 is 15.9 Å². The first-order valence-corrected chi connectivity index (χ1v) is 6.23. The predicted molar refractivity (Wildman–Crippen MR) is 73.1 cm³/mol. The zero-order valence-corrected chi connectivity index (χ0v) is 11.5. The highest BCUT2D eigenvalue weighted by atomic mass is 79.9. The van der Waals surface area contributed by atoms with Crippen LogP contribution in [0.5, 0.6) is 17.2 Å². The minimum Gasteiger partial charge on any atom is -0.504 e. The molecule has 2 aromatic carbocycles. The largest absolute Gasteiger partial charge is 0.504 e. The molecule has 0 fully saturated rings. The van der Waals surface area contributed by atoms with E-state index in [0.717, 1.165) is 15.8 Å². The van der Waals surface area contributed by atoms with Crippen LogP contribution < -0.4 is 9.47 Å². The van der Waals surface area contributed by atoms with Crippen LogP contribution >= 0.6 is 15.9 Å². The number of phenolic OH excluding ortho intramolecular Hbond substituents is 1. The second kappa shape index (κ2) is 5.78. The minimum atomic E-state index is 0.144. The van der Waals surface area contributed by atoms with Crippen LogP contribution in [-0.4, -0.2) is 12.2 Å². The molecule has 2 rings (SSSR count). The van der Waals surface area contributed by atoms with E-state index in [1.165, 1.54) is 0 Å². The summed E-state index contributed by atoms with van der Waals surface area (Å²) >= 11 is 3.42. The normalized spacial score (nSPS) is 10.1. The van der Waals surface area contributed by atoms with Crippen molar-refractivity contribution in [3.05, 3.63) is 52.5 Å². The van der Waals surface area contributed by atoms with Crippen LogP contribution in [0.2, 0.25) is 0 Å². The van der Waals surface area contributed by atoms with Gasteiger partial charge in [0.15, 0.2) is 11.5 Å². The number of methoxy groups -OCH3 is 1. The Kier molecular flexibility index (Phi) is 4.10. The summed E-state index contributed by atoms with van der Waals surface area (Å²) in [5.74, 6) is 1.40. The van der Waals surface area contributed by atoms with Crippen LogP contribution in [0.1, 0.15) is 5.56 Å². The Hall–Kier alpha value is -1.68. The first-order chi connectivity index (χ1) is 8.70. The quantitative estimate of drug-likeness (QED) is 0.935. The van der Waals surface area contributed by atoms with Crippen molar-refractivity contribution in [2.75, 3.05) is 7.11 Å². The third-order valence-corrected chi connectivity index (χ3v) is 3.10. The van der Waals surface area contributed by atoms with Crippen LogP contribution in [-0.2, 0) is 6.61 Å². The number of aromatic hydroxyl groups is 1. The number of ether oxygens (including phenoxy) is 2. The average Bonchev–Trinajstić information content (AvgIpc) is 2.38. The van der Waals surface area contributed by atoms with Gasteiger partial charge in [-0.05, 0) is 45.8 Å². The molecule has 0 aliphatic heterocycles. The van der Waals surface area contributed by atoms with Crippen LogP contribution in [0.3, 0.4) is 0 Å². The van der Waals surface area contributed by atoms with E-state index in [4.69, 9.17) is 9.47 Å². The summed E-state index contributed by atoms with van der Waals surface area (Å²) in [6.07, 6.45) is 0. The molecule has 1 N–H and O–H groups in total. The molecule has 18 heavy (non-hydrogen) atoms. The summed E-state index contributed by atoms with van der Waals surface area (Å²) in [6.45, 7) is 0.389. The fraction of sp³-hybridized carbons (Fsp3) is 0.143. The van der Waals surface area contributed by atoms with Gasteiger partial charge in [-0.2, -0.15) is 0 Å². The van der Waals surface area contributed by atoms with Crippen molar-refractivity contribution in [1.29, 1.82) is 0 Å². The van der Waals surface area contributed by atoms with E-state index in [2.05, 4.69) is 15.9 Å². The summed E-state index contributed by atoms with van der Waals surface area (Å²) in [7, 11) is 1.62. The molecule has 0 atom stereocenters. The second-order valence-corrected chi connectivity index (χ2v) is 4.58. The van der Waals surface area contributed by atoms with Gasteiger partial charge in [-0.3, -0.25) is 0 Å². The molecule has 0 radical (unpaired) electrons. The second-order valence-electron chi connectivity index (χ2n) is 3.73. The standard InChI is InChI=1S/C14H13BrO3/c1-17-13-7-6-10(8-11(13)15)9-18-14-5-3-2-4-12(14)16/h2-8,16H,9H2,1H3. The van der Waals surface area contributed by atoms with Gasteiger partial charge >= 0.3 is 0 Å². The van der Waals surface area contributed by atoms with Crippen molar-refractivity contribution in [1.82, 2.24) is 0 Å². The topological polar surface area (TPSA) is 38.7 Å². The van der Waals surface area contributed by atoms with Gasteiger partial charge in [-0.15, -0.1) is 0 Å². The third kappa shape index (κ3) is 2.96. The van der Waals surface area contributed by atoms with E-state index in [9.17, 15) is 5.11 Å². The molecule has 0 saturated carbocycles. The third-order valence-electron chi connectivity index (χ3n) is 2.48. The summed E-state index contributed by atoms with van der Waals surface area (Å²) in [5.41, 5.74) is 0.992. The van der Waals surface area contributed by atoms with Gasteiger partial charge in [0.1, 0.15) is 12.4 Å². The van der Waals surface area contributed by atoms with E-state index < -0.39 is 0 Å². The van der Waals surface area contributed by atoms with Crippen molar-refractivity contribution in [3.63, 3.8) is 0 Å². The molecule has 94 valence electrons. The van der Waals surface area contributed by atoms with Gasteiger partial charge in [0.05, 0.1) is 11.6 Å². The zero-order chi connectivity index (χ0) is 13.0. The lowest BCUT2D eigenvalue weighted by molar-refractivity contribution is 0.289. The lowest BCUT2D eigenvalue weighted by Gasteiger charge is -2.09. The maximum atomic E-state index is 9.57. The molecular formula is C14H13BrO3. The lowest BCUT2D eigenvalue weighted by atomic mass is 10.2. The van der Waals surface area contributed by atoms with Crippen LogP contribution in [0.15, 0.2) is 46.9 Å². The van der Waals surface area contributed by atoms with Crippen molar-refractivity contribution < 1.29 is 14.6 Å². The van der Waals surface area contributed by atoms with E-state index in [1.54, 1.807) is 25.3 Å². The number of benzene rings is 2. The summed E-state index contributed by atoms with van der Waals surface area (Å²) in [5, 5.41) is 9.57. The van der Waals surface area contributed by atoms with Crippen molar-refractivity contribution in [3.8, 4) is 17.2 Å². The van der Waals surface area contributed by atoms with E-state index >= 15 is 0 Å². The molecule has 0 heterocycles. The molecule has 0 unspecified atom stereocenters. The molecule has 0 aliphatic rings. The summed E-state index contributed by atoms with van der Waals surface area (Å²) in [6, 6.07) is 12.6. The Balaban J connectivity index is 2.07. The number of hydrogen-bond donors (Lipinski definition) is 1. The van der Waals surface area contributed by atoms with Gasteiger partial charge in [0.2, 0.25) is 0 Å². The van der Waals surface area contributed by atoms with Gasteiger partial charge in [-0.1, -0.05) is 18.2 Å². The van der Waals surface area contributed by atoms with Crippen LogP contribution in [0.4, 0.5) is 0 Å². The maximum absolute atomic E-state index is 9.57. The molecular weight excluding hydrogens is 296 g/mol. The van der Waals surface area contributed by atoms with E-state index in [1.807, 2.05) is 24.3 Å². The predicted octanol–water partition coefficient (Wildman–Crippen LogP) is 3.74. The summed E-state index contributed by atoms with van der Waals surface area (Å²) in [4.78, 5) is 0. The van der Waals surface area contributed by atoms with E-state index in [0.29, 0.717) is 12.4 Å². The average molecular weight is 309 g/mol. The molecule has 0 amide bonds. The smallest absolute Gasteiger partial charge is 0.161 e. The Morgan fingerprint density at radius 1 is 1.11 bits per heavy atom. The van der Waals surface area contributed by atoms with Gasteiger partial charge < -0.3 is 14.6 Å². The first kappa shape index (κ1) is 12.8. The van der Waals surface area contributed by atoms with Crippen molar-refractivity contribution in [2.24, 2.45) is 0 Å². The highest BCUT2D eigenvalue weighted by Gasteiger charge is 2.04. The SMILES string of the molecule is COc1ccc(COc2ccccc2O)cc1Br. The van der Waals surface area contributed by atoms with Gasteiger partial charge in [-0.25, -0.2) is 0 Å². The first-order valence-electron chi connectivity index (χ1n) is 5.44. The molecule has 0 spiro atoms. The molecule has 0 bridgehead atoms. The Morgan fingerprint density at radius 3 is 2.56 bits per heavy atom. The number of phenols is 1. The fourth-order valence-corrected chi connectivity index (χ4v) is 2.13. The number of para-hydroxylation sites is 2. The molecule has 2 aromatic rings. The van der Waals surface area contributed by atoms with Crippen LogP contribution in [0, 0.1) is 0 Å². The number of hydrogen-bond acceptors (Lipinski definition) is 3. The van der Waals surface area contributed by atoms with E-state index in [-0.39, 0.29) is 5.75 Å². The van der Waals surface area contributed by atoms with Crippen molar-refractivity contribution in [2.45, 2.75) is 6.61 Å². The molecule has 0 aliphatic carbocycles. The minimum absolute atomic E-state index is 0.144. The van der Waals surface area contributed by atoms with Crippen LogP contribution in [0.25, 0.3) is 0 Å². The number of rotatable bonds is 4.